The summed E-state index contributed by atoms with van der Waals surface area (Å²) in [4.78, 5) is 27.7. The number of carbonyl (C=O) groups is 2. The Kier molecular flexibility index (Phi) is 4.42. The molecule has 0 radical (unpaired) electrons. The number of nitrogens with zero attached hydrogens (tertiary/aromatic N) is 1. The van der Waals surface area contributed by atoms with Crippen molar-refractivity contribution in [1.82, 2.24) is 4.90 Å². The fraction of sp³-hybridized carbons (Fsp3) is 0.579. The van der Waals surface area contributed by atoms with Crippen LogP contribution in [0, 0.1) is 12.3 Å². The second kappa shape index (κ2) is 6.34. The number of piperidine rings is 1. The first-order valence-corrected chi connectivity index (χ1v) is 8.76. The van der Waals surface area contributed by atoms with E-state index in [1.165, 1.54) is 6.42 Å². The molecule has 4 heteroatoms. The van der Waals surface area contributed by atoms with Gasteiger partial charge in [0.05, 0.1) is 0 Å². The van der Waals surface area contributed by atoms with Gasteiger partial charge in [-0.1, -0.05) is 19.1 Å². The van der Waals surface area contributed by atoms with Crippen molar-refractivity contribution < 1.29 is 9.59 Å². The molecule has 1 atom stereocenters. The second-order valence-corrected chi connectivity index (χ2v) is 6.96. The molecule has 1 N–H and O–H groups in total. The molecule has 1 saturated heterocycles. The topological polar surface area (TPSA) is 49.4 Å². The molecule has 2 fully saturated rings. The third-order valence-electron chi connectivity index (χ3n) is 5.23. The molecular weight excluding hydrogens is 288 g/mol. The van der Waals surface area contributed by atoms with E-state index in [9.17, 15) is 9.59 Å². The van der Waals surface area contributed by atoms with Crippen LogP contribution in [0.15, 0.2) is 24.3 Å². The summed E-state index contributed by atoms with van der Waals surface area (Å²) >= 11 is 0. The normalized spacial score (nSPS) is 22.5. The van der Waals surface area contributed by atoms with E-state index in [-0.39, 0.29) is 11.8 Å². The third kappa shape index (κ3) is 3.12. The highest BCUT2D eigenvalue weighted by Gasteiger charge is 2.58. The van der Waals surface area contributed by atoms with Crippen LogP contribution in [-0.2, 0) is 9.59 Å². The van der Waals surface area contributed by atoms with Crippen LogP contribution < -0.4 is 5.32 Å². The fourth-order valence-electron chi connectivity index (χ4n) is 3.60. The number of amides is 2. The maximum Gasteiger partial charge on any atom is 0.240 e. The van der Waals surface area contributed by atoms with Gasteiger partial charge in [-0.15, -0.1) is 0 Å². The molecule has 4 nitrogen and oxygen atoms in total. The van der Waals surface area contributed by atoms with E-state index < -0.39 is 5.41 Å². The zero-order valence-electron chi connectivity index (χ0n) is 14.1. The Morgan fingerprint density at radius 1 is 1.30 bits per heavy atom. The number of carbonyl (C=O) groups excluding carboxylic acids is 2. The van der Waals surface area contributed by atoms with Gasteiger partial charge in [0.1, 0.15) is 5.41 Å². The van der Waals surface area contributed by atoms with Crippen molar-refractivity contribution in [2.75, 3.05) is 11.9 Å². The number of rotatable bonds is 4. The first kappa shape index (κ1) is 16.0. The van der Waals surface area contributed by atoms with E-state index >= 15 is 0 Å². The van der Waals surface area contributed by atoms with Crippen LogP contribution in [0.1, 0.15) is 51.0 Å². The number of hydrogen-bond acceptors (Lipinski definition) is 2. The van der Waals surface area contributed by atoms with Crippen LogP contribution >= 0.6 is 0 Å². The van der Waals surface area contributed by atoms with Crippen molar-refractivity contribution in [2.45, 2.75) is 58.4 Å². The van der Waals surface area contributed by atoms with E-state index in [0.717, 1.165) is 37.1 Å². The average Bonchev–Trinajstić information content (AvgIpc) is 3.36. The highest BCUT2D eigenvalue weighted by atomic mass is 16.2. The molecule has 2 amide bonds. The largest absolute Gasteiger partial charge is 0.339 e. The molecule has 1 aromatic rings. The van der Waals surface area contributed by atoms with Crippen LogP contribution in [0.4, 0.5) is 5.69 Å². The Hall–Kier alpha value is -1.84. The van der Waals surface area contributed by atoms with E-state index in [2.05, 4.69) is 12.2 Å². The summed E-state index contributed by atoms with van der Waals surface area (Å²) < 4.78 is 0. The molecule has 1 unspecified atom stereocenters. The predicted octanol–water partition coefficient (Wildman–Crippen LogP) is 3.50. The average molecular weight is 314 g/mol. The maximum absolute atomic E-state index is 13.0. The van der Waals surface area contributed by atoms with Gasteiger partial charge in [0, 0.05) is 18.3 Å². The molecule has 0 spiro atoms. The molecule has 1 aliphatic heterocycles. The highest BCUT2D eigenvalue weighted by molar-refractivity contribution is 6.13. The van der Waals surface area contributed by atoms with E-state index in [1.54, 1.807) is 0 Å². The van der Waals surface area contributed by atoms with Gasteiger partial charge in [0.25, 0.3) is 0 Å². The summed E-state index contributed by atoms with van der Waals surface area (Å²) in [6.45, 7) is 4.92. The van der Waals surface area contributed by atoms with Crippen LogP contribution in [0.25, 0.3) is 0 Å². The third-order valence-corrected chi connectivity index (χ3v) is 5.23. The van der Waals surface area contributed by atoms with Gasteiger partial charge in [-0.3, -0.25) is 9.59 Å². The molecule has 1 aliphatic carbocycles. The van der Waals surface area contributed by atoms with Gasteiger partial charge in [-0.05, 0) is 63.1 Å². The minimum absolute atomic E-state index is 0.0502. The molecule has 3 rings (SSSR count). The van der Waals surface area contributed by atoms with Crippen LogP contribution in [0.3, 0.4) is 0 Å². The van der Waals surface area contributed by atoms with Crippen molar-refractivity contribution in [3.63, 3.8) is 0 Å². The van der Waals surface area contributed by atoms with Crippen molar-refractivity contribution in [1.29, 1.82) is 0 Å². The lowest BCUT2D eigenvalue weighted by molar-refractivity contribution is -0.145. The van der Waals surface area contributed by atoms with Gasteiger partial charge in [-0.25, -0.2) is 0 Å². The Labute approximate surface area is 138 Å². The zero-order valence-corrected chi connectivity index (χ0v) is 14.1. The van der Waals surface area contributed by atoms with E-state index in [0.29, 0.717) is 18.9 Å². The number of aryl methyl sites for hydroxylation is 1. The Morgan fingerprint density at radius 2 is 2.09 bits per heavy atom. The lowest BCUT2D eigenvalue weighted by Gasteiger charge is -2.37. The molecule has 0 aromatic heterocycles. The molecule has 1 aromatic carbocycles. The number of hydrogen-bond donors (Lipinski definition) is 1. The summed E-state index contributed by atoms with van der Waals surface area (Å²) in [6, 6.07) is 8.03. The molecule has 1 saturated carbocycles. The van der Waals surface area contributed by atoms with E-state index in [1.807, 2.05) is 36.1 Å². The quantitative estimate of drug-likeness (QED) is 0.865. The maximum atomic E-state index is 13.0. The van der Waals surface area contributed by atoms with Crippen molar-refractivity contribution in [2.24, 2.45) is 5.41 Å². The van der Waals surface area contributed by atoms with Crippen LogP contribution in [-0.4, -0.2) is 29.3 Å². The summed E-state index contributed by atoms with van der Waals surface area (Å²) in [7, 11) is 0. The van der Waals surface area contributed by atoms with Crippen molar-refractivity contribution in [3.05, 3.63) is 29.8 Å². The number of nitrogens with one attached hydrogen (secondary N) is 1. The molecule has 2 aliphatic rings. The van der Waals surface area contributed by atoms with Crippen molar-refractivity contribution in [3.8, 4) is 0 Å². The number of anilines is 1. The minimum atomic E-state index is -0.811. The Morgan fingerprint density at radius 3 is 2.74 bits per heavy atom. The molecular formula is C19H26N2O2. The van der Waals surface area contributed by atoms with Crippen LogP contribution in [0.2, 0.25) is 0 Å². The van der Waals surface area contributed by atoms with Gasteiger partial charge < -0.3 is 10.2 Å². The van der Waals surface area contributed by atoms with Crippen LogP contribution in [0.5, 0.6) is 0 Å². The minimum Gasteiger partial charge on any atom is -0.339 e. The SMILES string of the molecule is CCC1CCCCN1C(=O)C1(C(=O)Nc2cccc(C)c2)CC1. The number of benzene rings is 1. The lowest BCUT2D eigenvalue weighted by Crippen LogP contribution is -2.49. The van der Waals surface area contributed by atoms with Gasteiger partial charge in [0.15, 0.2) is 0 Å². The monoisotopic (exact) mass is 314 g/mol. The Balaban J connectivity index is 1.73. The number of likely N-dealkylation sites (tertiary alicyclic amines) is 1. The Bertz CT molecular complexity index is 607. The standard InChI is InChI=1S/C19H26N2O2/c1-3-16-9-4-5-12-21(16)18(23)19(10-11-19)17(22)20-15-8-6-7-14(2)13-15/h6-8,13,16H,3-5,9-12H2,1-2H3,(H,20,22). The van der Waals surface area contributed by atoms with Gasteiger partial charge >= 0.3 is 0 Å². The van der Waals surface area contributed by atoms with Gasteiger partial charge in [-0.2, -0.15) is 0 Å². The summed E-state index contributed by atoms with van der Waals surface area (Å²) in [5.74, 6) is -0.0808. The second-order valence-electron chi connectivity index (χ2n) is 6.96. The molecule has 0 bridgehead atoms. The van der Waals surface area contributed by atoms with E-state index in [4.69, 9.17) is 0 Å². The van der Waals surface area contributed by atoms with Crippen molar-refractivity contribution >= 4 is 17.5 Å². The summed E-state index contributed by atoms with van der Waals surface area (Å²) in [5.41, 5.74) is 1.06. The highest BCUT2D eigenvalue weighted by Crippen LogP contribution is 2.49. The summed E-state index contributed by atoms with van der Waals surface area (Å²) in [5, 5.41) is 2.95. The first-order valence-electron chi connectivity index (χ1n) is 8.76. The molecule has 1 heterocycles. The molecule has 23 heavy (non-hydrogen) atoms. The molecule has 124 valence electrons. The zero-order chi connectivity index (χ0) is 16.4. The first-order chi connectivity index (χ1) is 11.1. The lowest BCUT2D eigenvalue weighted by atomic mass is 9.95. The van der Waals surface area contributed by atoms with Gasteiger partial charge in [0.2, 0.25) is 11.8 Å². The predicted molar refractivity (Wildman–Crippen MR) is 91.1 cm³/mol. The summed E-state index contributed by atoms with van der Waals surface area (Å²) in [6.07, 6.45) is 5.63. The fourth-order valence-corrected chi connectivity index (χ4v) is 3.60. The smallest absolute Gasteiger partial charge is 0.240 e.